The van der Waals surface area contributed by atoms with Crippen LogP contribution in [0.25, 0.3) is 0 Å². The van der Waals surface area contributed by atoms with Gasteiger partial charge in [0.05, 0.1) is 10.5 Å². The summed E-state index contributed by atoms with van der Waals surface area (Å²) in [6.07, 6.45) is 1.04. The van der Waals surface area contributed by atoms with Crippen LogP contribution in [0.15, 0.2) is 12.3 Å². The largest absolute Gasteiger partial charge is 0.345 e. The van der Waals surface area contributed by atoms with E-state index in [-0.39, 0.29) is 26.0 Å². The second kappa shape index (κ2) is 5.43. The van der Waals surface area contributed by atoms with E-state index in [4.69, 9.17) is 23.2 Å². The first-order valence-electron chi connectivity index (χ1n) is 4.57. The molecule has 0 saturated heterocycles. The molecular weight excluding hydrogens is 317 g/mol. The summed E-state index contributed by atoms with van der Waals surface area (Å²) in [4.78, 5) is 25.4. The van der Waals surface area contributed by atoms with Crippen molar-refractivity contribution in [2.75, 3.05) is 5.32 Å². The summed E-state index contributed by atoms with van der Waals surface area (Å²) >= 11 is 12.0. The van der Waals surface area contributed by atoms with Crippen LogP contribution in [-0.2, 0) is 0 Å². The highest BCUT2D eigenvalue weighted by Gasteiger charge is 2.17. The van der Waals surface area contributed by atoms with Crippen molar-refractivity contribution in [3.63, 3.8) is 0 Å². The molecule has 19 heavy (non-hydrogen) atoms. The number of halogens is 2. The second-order valence-corrected chi connectivity index (χ2v) is 4.84. The first kappa shape index (κ1) is 13.6. The molecule has 98 valence electrons. The van der Waals surface area contributed by atoms with Gasteiger partial charge in [-0.2, -0.15) is 0 Å². The van der Waals surface area contributed by atoms with Crippen LogP contribution in [0.4, 0.5) is 10.1 Å². The van der Waals surface area contributed by atoms with Gasteiger partial charge in [-0.25, -0.2) is 4.98 Å². The van der Waals surface area contributed by atoms with E-state index in [0.29, 0.717) is 0 Å². The number of anilines is 1. The lowest BCUT2D eigenvalue weighted by Gasteiger charge is -2.02. The molecule has 8 nitrogen and oxygen atoms in total. The summed E-state index contributed by atoms with van der Waals surface area (Å²) in [5, 5.41) is 19.5. The van der Waals surface area contributed by atoms with E-state index >= 15 is 0 Å². The topological polar surface area (TPSA) is 111 Å². The van der Waals surface area contributed by atoms with Crippen LogP contribution in [0.5, 0.6) is 0 Å². The Bertz CT molecular complexity index is 662. The number of amides is 1. The zero-order chi connectivity index (χ0) is 14.0. The number of carbonyl (C=O) groups excluding carboxylic acids is 1. The summed E-state index contributed by atoms with van der Waals surface area (Å²) in [7, 11) is 0. The standard InChI is InChI=1S/C8H3Cl2N5O3S/c9-4-1-3(6(10)14-13-4)7(16)12-8-11-2-5(19-8)15(17)18/h1-2H,(H,11,12,16). The number of nitro groups is 1. The smallest absolute Gasteiger partial charge is 0.298 e. The Labute approximate surface area is 119 Å². The average Bonchev–Trinajstić information content (AvgIpc) is 2.80. The Morgan fingerprint density at radius 3 is 2.79 bits per heavy atom. The van der Waals surface area contributed by atoms with Crippen LogP contribution in [0.3, 0.4) is 0 Å². The third-order valence-electron chi connectivity index (χ3n) is 1.86. The first-order chi connectivity index (χ1) is 8.97. The SMILES string of the molecule is O=C(Nc1ncc([N+](=O)[O-])s1)c1cc(Cl)nnc1Cl. The molecular formula is C8H3Cl2N5O3S. The molecule has 0 radical (unpaired) electrons. The first-order valence-corrected chi connectivity index (χ1v) is 6.15. The van der Waals surface area contributed by atoms with Crippen molar-refractivity contribution in [1.82, 2.24) is 15.2 Å². The summed E-state index contributed by atoms with van der Waals surface area (Å²) < 4.78 is 0. The highest BCUT2D eigenvalue weighted by molar-refractivity contribution is 7.18. The predicted octanol–water partition coefficient (Wildman–Crippen LogP) is 2.40. The molecule has 0 aliphatic rings. The number of nitrogens with zero attached hydrogens (tertiary/aromatic N) is 4. The molecule has 0 fully saturated rings. The van der Waals surface area contributed by atoms with Crippen LogP contribution < -0.4 is 5.32 Å². The molecule has 0 aliphatic carbocycles. The molecule has 2 rings (SSSR count). The van der Waals surface area contributed by atoms with Crippen LogP contribution in [0.1, 0.15) is 10.4 Å². The molecule has 0 atom stereocenters. The van der Waals surface area contributed by atoms with Gasteiger partial charge in [0.25, 0.3) is 5.91 Å². The Morgan fingerprint density at radius 1 is 1.42 bits per heavy atom. The summed E-state index contributed by atoms with van der Waals surface area (Å²) in [6, 6.07) is 1.23. The lowest BCUT2D eigenvalue weighted by Crippen LogP contribution is -2.13. The molecule has 0 spiro atoms. The van der Waals surface area contributed by atoms with Crippen LogP contribution in [-0.4, -0.2) is 26.0 Å². The minimum absolute atomic E-state index is 0.000306. The minimum atomic E-state index is -0.633. The normalized spacial score (nSPS) is 10.2. The molecule has 1 N–H and O–H groups in total. The van der Waals surface area contributed by atoms with Crippen molar-refractivity contribution in [2.45, 2.75) is 0 Å². The Kier molecular flexibility index (Phi) is 3.88. The Balaban J connectivity index is 2.20. The fourth-order valence-corrected chi connectivity index (χ4v) is 2.04. The van der Waals surface area contributed by atoms with Gasteiger partial charge in [0.15, 0.2) is 15.4 Å². The zero-order valence-electron chi connectivity index (χ0n) is 8.83. The molecule has 0 bridgehead atoms. The van der Waals surface area contributed by atoms with Gasteiger partial charge in [-0.3, -0.25) is 20.2 Å². The zero-order valence-corrected chi connectivity index (χ0v) is 11.2. The number of hydrogen-bond donors (Lipinski definition) is 1. The van der Waals surface area contributed by atoms with Gasteiger partial charge in [-0.1, -0.05) is 23.2 Å². The van der Waals surface area contributed by atoms with Crippen LogP contribution >= 0.6 is 34.5 Å². The van der Waals surface area contributed by atoms with Gasteiger partial charge >= 0.3 is 5.00 Å². The van der Waals surface area contributed by atoms with E-state index in [1.807, 2.05) is 0 Å². The van der Waals surface area contributed by atoms with Crippen molar-refractivity contribution >= 4 is 50.6 Å². The third kappa shape index (κ3) is 3.13. The number of nitrogens with one attached hydrogen (secondary N) is 1. The number of carbonyl (C=O) groups is 1. The fraction of sp³-hybridized carbons (Fsp3) is 0. The number of rotatable bonds is 3. The quantitative estimate of drug-likeness (QED) is 0.686. The minimum Gasteiger partial charge on any atom is -0.298 e. The van der Waals surface area contributed by atoms with Crippen LogP contribution in [0, 0.1) is 10.1 Å². The summed E-state index contributed by atoms with van der Waals surface area (Å²) in [5.41, 5.74) is -0.000445. The number of hydrogen-bond acceptors (Lipinski definition) is 7. The molecule has 1 amide bonds. The van der Waals surface area contributed by atoms with Crippen molar-refractivity contribution in [2.24, 2.45) is 0 Å². The fourth-order valence-electron chi connectivity index (χ4n) is 1.08. The average molecular weight is 320 g/mol. The predicted molar refractivity (Wildman–Crippen MR) is 68.8 cm³/mol. The van der Waals surface area contributed by atoms with Crippen molar-refractivity contribution in [3.05, 3.63) is 38.2 Å². The third-order valence-corrected chi connectivity index (χ3v) is 3.19. The Morgan fingerprint density at radius 2 is 2.16 bits per heavy atom. The van der Waals surface area contributed by atoms with Gasteiger partial charge in [0.2, 0.25) is 0 Å². The van der Waals surface area contributed by atoms with E-state index in [2.05, 4.69) is 20.5 Å². The second-order valence-electron chi connectivity index (χ2n) is 3.09. The maximum absolute atomic E-state index is 11.8. The van der Waals surface area contributed by atoms with Crippen molar-refractivity contribution in [1.29, 1.82) is 0 Å². The van der Waals surface area contributed by atoms with Gasteiger partial charge in [0, 0.05) is 0 Å². The van der Waals surface area contributed by atoms with Crippen molar-refractivity contribution < 1.29 is 9.72 Å². The summed E-state index contributed by atoms with van der Waals surface area (Å²) in [5.74, 6) is -0.633. The molecule has 2 aromatic heterocycles. The lowest BCUT2D eigenvalue weighted by molar-refractivity contribution is -0.380. The van der Waals surface area contributed by atoms with E-state index in [1.165, 1.54) is 6.07 Å². The summed E-state index contributed by atoms with van der Waals surface area (Å²) in [6.45, 7) is 0. The molecule has 0 saturated carbocycles. The molecule has 2 aromatic rings. The number of aromatic nitrogens is 3. The van der Waals surface area contributed by atoms with Crippen molar-refractivity contribution in [3.8, 4) is 0 Å². The van der Waals surface area contributed by atoms with Gasteiger partial charge in [-0.15, -0.1) is 10.2 Å². The maximum Gasteiger partial charge on any atom is 0.345 e. The monoisotopic (exact) mass is 319 g/mol. The lowest BCUT2D eigenvalue weighted by atomic mass is 10.3. The van der Waals surface area contributed by atoms with Crippen LogP contribution in [0.2, 0.25) is 10.3 Å². The van der Waals surface area contributed by atoms with Gasteiger partial charge < -0.3 is 0 Å². The van der Waals surface area contributed by atoms with Gasteiger partial charge in [-0.05, 0) is 17.4 Å². The van der Waals surface area contributed by atoms with E-state index in [1.54, 1.807) is 0 Å². The highest BCUT2D eigenvalue weighted by Crippen LogP contribution is 2.26. The molecule has 2 heterocycles. The molecule has 0 aliphatic heterocycles. The molecule has 0 aromatic carbocycles. The van der Waals surface area contributed by atoms with E-state index in [0.717, 1.165) is 17.5 Å². The van der Waals surface area contributed by atoms with E-state index < -0.39 is 10.8 Å². The number of thiazole rings is 1. The molecule has 11 heteroatoms. The Hall–Kier alpha value is -1.84. The van der Waals surface area contributed by atoms with E-state index in [9.17, 15) is 14.9 Å². The molecule has 0 unspecified atom stereocenters. The maximum atomic E-state index is 11.8. The highest BCUT2D eigenvalue weighted by atomic mass is 35.5. The van der Waals surface area contributed by atoms with Gasteiger partial charge in [0.1, 0.15) is 6.20 Å².